The molecule has 0 amide bonds. The van der Waals surface area contributed by atoms with Gasteiger partial charge < -0.3 is 10.4 Å². The minimum atomic E-state index is -0.897. The van der Waals surface area contributed by atoms with E-state index in [2.05, 4.69) is 5.32 Å². The van der Waals surface area contributed by atoms with Crippen molar-refractivity contribution in [1.82, 2.24) is 5.32 Å². The Balaban J connectivity index is 2.60. The van der Waals surface area contributed by atoms with Crippen molar-refractivity contribution < 1.29 is 9.90 Å². The van der Waals surface area contributed by atoms with Crippen LogP contribution in [0.1, 0.15) is 30.0 Å². The van der Waals surface area contributed by atoms with Gasteiger partial charge in [0, 0.05) is 6.54 Å². The fraction of sp³-hybridized carbons (Fsp3) is 0.364. The first kappa shape index (κ1) is 11.7. The molecule has 1 heterocycles. The summed E-state index contributed by atoms with van der Waals surface area (Å²) in [5.41, 5.74) is 1.56. The normalized spacial score (nSPS) is 23.9. The van der Waals surface area contributed by atoms with Crippen molar-refractivity contribution in [2.45, 2.75) is 18.9 Å². The Labute approximate surface area is 103 Å². The largest absolute Gasteiger partial charge is 0.480 e. The van der Waals surface area contributed by atoms with Crippen LogP contribution in [0.4, 0.5) is 0 Å². The summed E-state index contributed by atoms with van der Waals surface area (Å²) in [6, 6.07) is 2.67. The molecule has 86 valence electrons. The molecule has 0 aliphatic carbocycles. The lowest BCUT2D eigenvalue weighted by Crippen LogP contribution is -2.36. The van der Waals surface area contributed by atoms with Crippen LogP contribution in [0.5, 0.6) is 0 Å². The molecule has 1 aliphatic rings. The zero-order chi connectivity index (χ0) is 11.9. The van der Waals surface area contributed by atoms with Gasteiger partial charge in [-0.15, -0.1) is 0 Å². The number of hydrogen-bond acceptors (Lipinski definition) is 2. The number of aliphatic carboxylic acids is 1. The molecule has 0 aromatic heterocycles. The highest BCUT2D eigenvalue weighted by molar-refractivity contribution is 6.42. The van der Waals surface area contributed by atoms with Crippen molar-refractivity contribution in [3.8, 4) is 0 Å². The predicted molar refractivity (Wildman–Crippen MR) is 63.3 cm³/mol. The van der Waals surface area contributed by atoms with Crippen LogP contribution in [-0.2, 0) is 4.79 Å². The standard InChI is InChI=1S/C11H11Cl2NO2/c1-5-4-14-10(11(15)16)6-2-3-7(12)9(13)8(5)6/h2-3,5,10,14H,4H2,1H3,(H,15,16). The van der Waals surface area contributed by atoms with Crippen LogP contribution in [0, 0.1) is 0 Å². The molecule has 2 N–H and O–H groups in total. The van der Waals surface area contributed by atoms with E-state index in [1.165, 1.54) is 0 Å². The number of nitrogens with one attached hydrogen (secondary N) is 1. The van der Waals surface area contributed by atoms with Gasteiger partial charge >= 0.3 is 5.97 Å². The van der Waals surface area contributed by atoms with Gasteiger partial charge in [0.15, 0.2) is 0 Å². The number of hydrogen-bond donors (Lipinski definition) is 2. The third kappa shape index (κ3) is 1.79. The number of carbonyl (C=O) groups is 1. The van der Waals surface area contributed by atoms with Gasteiger partial charge in [-0.1, -0.05) is 36.2 Å². The van der Waals surface area contributed by atoms with Crippen molar-refractivity contribution in [2.24, 2.45) is 0 Å². The van der Waals surface area contributed by atoms with Crippen LogP contribution in [0.25, 0.3) is 0 Å². The Morgan fingerprint density at radius 2 is 2.19 bits per heavy atom. The van der Waals surface area contributed by atoms with Gasteiger partial charge in [-0.3, -0.25) is 4.79 Å². The Morgan fingerprint density at radius 1 is 1.50 bits per heavy atom. The van der Waals surface area contributed by atoms with E-state index in [1.54, 1.807) is 12.1 Å². The molecule has 2 rings (SSSR count). The molecule has 2 atom stereocenters. The SMILES string of the molecule is CC1CNC(C(=O)O)c2ccc(Cl)c(Cl)c21. The third-order valence-electron chi connectivity index (χ3n) is 2.85. The van der Waals surface area contributed by atoms with E-state index in [0.29, 0.717) is 22.2 Å². The minimum absolute atomic E-state index is 0.164. The topological polar surface area (TPSA) is 49.3 Å². The molecule has 0 fully saturated rings. The van der Waals surface area contributed by atoms with Crippen LogP contribution < -0.4 is 5.32 Å². The number of rotatable bonds is 1. The quantitative estimate of drug-likeness (QED) is 0.816. The van der Waals surface area contributed by atoms with E-state index in [9.17, 15) is 4.79 Å². The van der Waals surface area contributed by atoms with Gasteiger partial charge in [-0.2, -0.15) is 0 Å². The second-order valence-corrected chi connectivity index (χ2v) is 4.73. The Hall–Kier alpha value is -0.770. The van der Waals surface area contributed by atoms with Crippen LogP contribution >= 0.6 is 23.2 Å². The first-order valence-corrected chi connectivity index (χ1v) is 5.72. The smallest absolute Gasteiger partial charge is 0.325 e. The number of fused-ring (bicyclic) bond motifs is 1. The first-order chi connectivity index (χ1) is 7.52. The summed E-state index contributed by atoms with van der Waals surface area (Å²) in [4.78, 5) is 11.1. The number of halogens is 2. The summed E-state index contributed by atoms with van der Waals surface area (Å²) in [6.45, 7) is 2.58. The molecule has 1 aliphatic heterocycles. The molecule has 16 heavy (non-hydrogen) atoms. The second-order valence-electron chi connectivity index (χ2n) is 3.94. The molecule has 0 radical (unpaired) electrons. The summed E-state index contributed by atoms with van der Waals surface area (Å²) in [6.07, 6.45) is 0. The molecular formula is C11H11Cl2NO2. The molecule has 5 heteroatoms. The fourth-order valence-electron chi connectivity index (χ4n) is 2.06. The van der Waals surface area contributed by atoms with Gasteiger partial charge in [-0.05, 0) is 23.1 Å². The summed E-state index contributed by atoms with van der Waals surface area (Å²) in [5, 5.41) is 13.0. The molecular weight excluding hydrogens is 249 g/mol. The maximum atomic E-state index is 11.1. The number of carboxylic acids is 1. The zero-order valence-corrected chi connectivity index (χ0v) is 10.1. The van der Waals surface area contributed by atoms with Gasteiger partial charge in [0.05, 0.1) is 10.0 Å². The molecule has 0 bridgehead atoms. The van der Waals surface area contributed by atoms with Crippen molar-refractivity contribution in [3.63, 3.8) is 0 Å². The summed E-state index contributed by atoms with van der Waals surface area (Å²) in [7, 11) is 0. The highest BCUT2D eigenvalue weighted by Gasteiger charge is 2.31. The van der Waals surface area contributed by atoms with E-state index < -0.39 is 12.0 Å². The van der Waals surface area contributed by atoms with Crippen LogP contribution in [0.15, 0.2) is 12.1 Å². The highest BCUT2D eigenvalue weighted by Crippen LogP contribution is 2.38. The van der Waals surface area contributed by atoms with E-state index >= 15 is 0 Å². The van der Waals surface area contributed by atoms with E-state index in [0.717, 1.165) is 5.56 Å². The lowest BCUT2D eigenvalue weighted by molar-refractivity contribution is -0.139. The van der Waals surface area contributed by atoms with Gasteiger partial charge in [0.25, 0.3) is 0 Å². The Morgan fingerprint density at radius 3 is 2.81 bits per heavy atom. The van der Waals surface area contributed by atoms with Crippen molar-refractivity contribution in [2.75, 3.05) is 6.54 Å². The maximum absolute atomic E-state index is 11.1. The molecule has 3 nitrogen and oxygen atoms in total. The average Bonchev–Trinajstić information content (AvgIpc) is 2.23. The van der Waals surface area contributed by atoms with Gasteiger partial charge in [0.1, 0.15) is 6.04 Å². The molecule has 0 saturated heterocycles. The third-order valence-corrected chi connectivity index (χ3v) is 3.66. The van der Waals surface area contributed by atoms with Crippen molar-refractivity contribution in [3.05, 3.63) is 33.3 Å². The average molecular weight is 260 g/mol. The number of carboxylic acid groups (broad SMARTS) is 1. The highest BCUT2D eigenvalue weighted by atomic mass is 35.5. The fourth-order valence-corrected chi connectivity index (χ4v) is 2.58. The zero-order valence-electron chi connectivity index (χ0n) is 8.63. The minimum Gasteiger partial charge on any atom is -0.480 e. The van der Waals surface area contributed by atoms with E-state index in [1.807, 2.05) is 6.92 Å². The molecule has 0 spiro atoms. The summed E-state index contributed by atoms with van der Waals surface area (Å²) < 4.78 is 0. The summed E-state index contributed by atoms with van der Waals surface area (Å²) >= 11 is 12.1. The monoisotopic (exact) mass is 259 g/mol. The lowest BCUT2D eigenvalue weighted by Gasteiger charge is -2.29. The number of benzene rings is 1. The molecule has 1 aromatic carbocycles. The van der Waals surface area contributed by atoms with E-state index in [4.69, 9.17) is 28.3 Å². The van der Waals surface area contributed by atoms with Crippen molar-refractivity contribution in [1.29, 1.82) is 0 Å². The van der Waals surface area contributed by atoms with Crippen LogP contribution in [-0.4, -0.2) is 17.6 Å². The second kappa shape index (κ2) is 4.24. The molecule has 2 unspecified atom stereocenters. The van der Waals surface area contributed by atoms with Gasteiger partial charge in [-0.25, -0.2) is 0 Å². The predicted octanol–water partition coefficient (Wildman–Crippen LogP) is 2.83. The maximum Gasteiger partial charge on any atom is 0.325 e. The van der Waals surface area contributed by atoms with E-state index in [-0.39, 0.29) is 5.92 Å². The van der Waals surface area contributed by atoms with Gasteiger partial charge in [0.2, 0.25) is 0 Å². The van der Waals surface area contributed by atoms with Crippen molar-refractivity contribution >= 4 is 29.2 Å². The lowest BCUT2D eigenvalue weighted by atomic mass is 9.87. The molecule has 1 aromatic rings. The first-order valence-electron chi connectivity index (χ1n) is 4.96. The Bertz CT molecular complexity index is 448. The summed E-state index contributed by atoms with van der Waals surface area (Å²) in [5.74, 6) is -0.733. The van der Waals surface area contributed by atoms with Crippen LogP contribution in [0.2, 0.25) is 10.0 Å². The van der Waals surface area contributed by atoms with Crippen LogP contribution in [0.3, 0.4) is 0 Å². The Kier molecular flexibility index (Phi) is 3.10. The molecule has 0 saturated carbocycles.